The van der Waals surface area contributed by atoms with Crippen LogP contribution in [0.5, 0.6) is 5.75 Å². The number of carbonyl (C=O) groups is 3. The van der Waals surface area contributed by atoms with Gasteiger partial charge in [0.05, 0.1) is 20.1 Å². The second-order valence-electron chi connectivity index (χ2n) is 9.77. The van der Waals surface area contributed by atoms with Crippen LogP contribution in [0.3, 0.4) is 0 Å². The maximum atomic E-state index is 14.5. The van der Waals surface area contributed by atoms with E-state index in [1.165, 1.54) is 25.6 Å². The topological polar surface area (TPSA) is 104 Å². The van der Waals surface area contributed by atoms with E-state index in [1.807, 2.05) is 6.07 Å². The summed E-state index contributed by atoms with van der Waals surface area (Å²) < 4.78 is 34.2. The van der Waals surface area contributed by atoms with E-state index in [9.17, 15) is 28.4 Å². The normalized spacial score (nSPS) is 21.1. The molecule has 38 heavy (non-hydrogen) atoms. The Hall–Kier alpha value is -3.71. The van der Waals surface area contributed by atoms with Crippen molar-refractivity contribution in [2.45, 2.75) is 56.5 Å². The number of pyridine rings is 1. The second kappa shape index (κ2) is 11.4. The molecular weight excluding hydrogens is 494 g/mol. The number of aromatic nitrogens is 1. The molecule has 2 aromatic rings. The number of rotatable bonds is 9. The lowest BCUT2D eigenvalue weighted by molar-refractivity contribution is -0.140. The van der Waals surface area contributed by atoms with Gasteiger partial charge < -0.3 is 9.64 Å². The van der Waals surface area contributed by atoms with Crippen molar-refractivity contribution < 1.29 is 27.9 Å². The van der Waals surface area contributed by atoms with Crippen molar-refractivity contribution in [2.75, 3.05) is 26.7 Å². The molecule has 2 aliphatic rings. The summed E-state index contributed by atoms with van der Waals surface area (Å²) >= 11 is 0. The highest BCUT2D eigenvalue weighted by molar-refractivity contribution is 6.02. The third-order valence-electron chi connectivity index (χ3n) is 7.23. The highest BCUT2D eigenvalue weighted by atomic mass is 19.3. The zero-order valence-corrected chi connectivity index (χ0v) is 21.3. The van der Waals surface area contributed by atoms with E-state index in [0.717, 1.165) is 24.2 Å². The lowest BCUT2D eigenvalue weighted by Gasteiger charge is -2.43. The van der Waals surface area contributed by atoms with Crippen LogP contribution in [0, 0.1) is 11.3 Å². The number of likely N-dealkylation sites (tertiary alicyclic amines) is 2. The van der Waals surface area contributed by atoms with Crippen LogP contribution in [0.15, 0.2) is 42.7 Å². The highest BCUT2D eigenvalue weighted by Gasteiger charge is 2.60. The Morgan fingerprint density at radius 2 is 1.76 bits per heavy atom. The Balaban J connectivity index is 1.45. The van der Waals surface area contributed by atoms with E-state index in [2.05, 4.69) is 4.98 Å². The monoisotopic (exact) mass is 524 g/mol. The van der Waals surface area contributed by atoms with Crippen LogP contribution in [0.2, 0.25) is 0 Å². The average molecular weight is 525 g/mol. The van der Waals surface area contributed by atoms with Gasteiger partial charge in [-0.1, -0.05) is 6.42 Å². The molecule has 1 amide bonds. The molecule has 2 fully saturated rings. The van der Waals surface area contributed by atoms with Crippen molar-refractivity contribution in [3.8, 4) is 11.8 Å². The zero-order valence-electron chi connectivity index (χ0n) is 21.3. The first kappa shape index (κ1) is 27.3. The fourth-order valence-electron chi connectivity index (χ4n) is 5.27. The number of amides is 1. The number of hydrogen-bond donors (Lipinski definition) is 0. The summed E-state index contributed by atoms with van der Waals surface area (Å²) in [5, 5.41) is 9.99. The Labute approximate surface area is 220 Å². The predicted octanol–water partition coefficient (Wildman–Crippen LogP) is 4.05. The molecule has 1 atom stereocenters. The number of ether oxygens (including phenoxy) is 1. The summed E-state index contributed by atoms with van der Waals surface area (Å²) in [4.78, 5) is 45.7. The lowest BCUT2D eigenvalue weighted by Crippen LogP contribution is -2.59. The molecule has 10 heteroatoms. The fourth-order valence-corrected chi connectivity index (χ4v) is 5.27. The van der Waals surface area contributed by atoms with Gasteiger partial charge in [-0.05, 0) is 48.7 Å². The Morgan fingerprint density at radius 3 is 2.42 bits per heavy atom. The third kappa shape index (κ3) is 5.73. The fraction of sp³-hybridized carbons (Fsp3) is 0.464. The SMILES string of the molecule is COc1ccc(C(=O)Cc2cnccc2C(=O)CCC(=O)N2CC(F)(F)C[C@]2(C#N)N2CCCCC2)cc1. The van der Waals surface area contributed by atoms with Crippen molar-refractivity contribution >= 4 is 17.5 Å². The smallest absolute Gasteiger partial charge is 0.270 e. The van der Waals surface area contributed by atoms with Crippen LogP contribution >= 0.6 is 0 Å². The minimum atomic E-state index is -3.19. The Bertz CT molecular complexity index is 1240. The van der Waals surface area contributed by atoms with Crippen LogP contribution in [0.4, 0.5) is 8.78 Å². The first-order chi connectivity index (χ1) is 18.2. The van der Waals surface area contributed by atoms with Crippen LogP contribution in [0.1, 0.15) is 64.8 Å². The van der Waals surface area contributed by atoms with Gasteiger partial charge in [-0.25, -0.2) is 8.78 Å². The minimum Gasteiger partial charge on any atom is -0.497 e. The van der Waals surface area contributed by atoms with Gasteiger partial charge >= 0.3 is 0 Å². The van der Waals surface area contributed by atoms with Gasteiger partial charge in [-0.15, -0.1) is 0 Å². The summed E-state index contributed by atoms with van der Waals surface area (Å²) in [5.74, 6) is -3.85. The van der Waals surface area contributed by atoms with Gasteiger partial charge in [-0.3, -0.25) is 24.3 Å². The van der Waals surface area contributed by atoms with E-state index in [1.54, 1.807) is 29.2 Å². The van der Waals surface area contributed by atoms with Crippen LogP contribution in [-0.4, -0.2) is 70.6 Å². The molecule has 3 heterocycles. The lowest BCUT2D eigenvalue weighted by atomic mass is 9.96. The summed E-state index contributed by atoms with van der Waals surface area (Å²) in [6, 6.07) is 10.1. The van der Waals surface area contributed by atoms with Crippen molar-refractivity contribution in [2.24, 2.45) is 0 Å². The van der Waals surface area contributed by atoms with E-state index >= 15 is 0 Å². The van der Waals surface area contributed by atoms with Crippen molar-refractivity contribution in [1.29, 1.82) is 5.26 Å². The number of Topliss-reactive ketones (excluding diaryl/α,β-unsaturated/α-hetero) is 2. The molecule has 1 aromatic heterocycles. The number of piperidine rings is 1. The number of nitrogens with zero attached hydrogens (tertiary/aromatic N) is 4. The van der Waals surface area contributed by atoms with Crippen molar-refractivity contribution in [3.05, 3.63) is 59.4 Å². The molecule has 0 saturated carbocycles. The van der Waals surface area contributed by atoms with Gasteiger partial charge in [0.15, 0.2) is 17.2 Å². The number of halogens is 2. The molecule has 8 nitrogen and oxygen atoms in total. The highest BCUT2D eigenvalue weighted by Crippen LogP contribution is 2.43. The average Bonchev–Trinajstić information content (AvgIpc) is 3.24. The second-order valence-corrected chi connectivity index (χ2v) is 9.77. The number of benzene rings is 1. The summed E-state index contributed by atoms with van der Waals surface area (Å²) in [5.41, 5.74) is -0.595. The van der Waals surface area contributed by atoms with E-state index in [4.69, 9.17) is 4.74 Å². The van der Waals surface area contributed by atoms with Gasteiger partial charge in [0.2, 0.25) is 5.91 Å². The van der Waals surface area contributed by atoms with Crippen molar-refractivity contribution in [3.63, 3.8) is 0 Å². The van der Waals surface area contributed by atoms with Crippen LogP contribution in [-0.2, 0) is 11.2 Å². The number of nitriles is 1. The van der Waals surface area contributed by atoms with Gasteiger partial charge in [-0.2, -0.15) is 5.26 Å². The summed E-state index contributed by atoms with van der Waals surface area (Å²) in [7, 11) is 1.53. The maximum Gasteiger partial charge on any atom is 0.270 e. The molecule has 0 aliphatic carbocycles. The molecule has 0 spiro atoms. The number of carbonyl (C=O) groups excluding carboxylic acids is 3. The van der Waals surface area contributed by atoms with Gasteiger partial charge in [0.1, 0.15) is 11.8 Å². The first-order valence-electron chi connectivity index (χ1n) is 12.7. The molecule has 0 unspecified atom stereocenters. The molecule has 200 valence electrons. The number of ketones is 2. The third-order valence-corrected chi connectivity index (χ3v) is 7.23. The zero-order chi connectivity index (χ0) is 27.3. The van der Waals surface area contributed by atoms with Gasteiger partial charge in [0, 0.05) is 55.9 Å². The molecule has 2 aliphatic heterocycles. The van der Waals surface area contributed by atoms with Crippen molar-refractivity contribution in [1.82, 2.24) is 14.8 Å². The summed E-state index contributed by atoms with van der Waals surface area (Å²) in [6.45, 7) is 0.0881. The molecule has 1 aromatic carbocycles. The summed E-state index contributed by atoms with van der Waals surface area (Å²) in [6.07, 6.45) is 4.00. The quantitative estimate of drug-likeness (QED) is 0.456. The van der Waals surface area contributed by atoms with E-state index < -0.39 is 36.2 Å². The number of hydrogen-bond acceptors (Lipinski definition) is 7. The first-order valence-corrected chi connectivity index (χ1v) is 12.7. The molecular formula is C28H30F2N4O4. The number of methoxy groups -OCH3 is 1. The van der Waals surface area contributed by atoms with Gasteiger partial charge in [0.25, 0.3) is 5.92 Å². The standard InChI is InChI=1S/C28H30F2N4O4/c1-38-22-7-5-20(6-8-22)25(36)15-21-16-32-12-11-23(21)24(35)9-10-26(37)34-19-27(29,30)17-28(34,18-31)33-13-3-2-4-14-33/h5-8,11-12,16H,2-4,9-10,13-15,17,19H2,1H3/t28-/m0/s1. The molecule has 0 bridgehead atoms. The maximum absolute atomic E-state index is 14.5. The predicted molar refractivity (Wildman–Crippen MR) is 134 cm³/mol. The van der Waals surface area contributed by atoms with Crippen LogP contribution < -0.4 is 4.74 Å². The molecule has 0 N–H and O–H groups in total. The largest absolute Gasteiger partial charge is 0.497 e. The molecule has 4 rings (SSSR count). The van der Waals surface area contributed by atoms with E-state index in [0.29, 0.717) is 30.0 Å². The van der Waals surface area contributed by atoms with Crippen LogP contribution in [0.25, 0.3) is 0 Å². The minimum absolute atomic E-state index is 0.0694. The molecule has 2 saturated heterocycles. The number of alkyl halides is 2. The Morgan fingerprint density at radius 1 is 1.05 bits per heavy atom. The Kier molecular flexibility index (Phi) is 8.17. The van der Waals surface area contributed by atoms with E-state index in [-0.39, 0.29) is 30.6 Å². The molecule has 0 radical (unpaired) electrons.